The molecule has 0 bridgehead atoms. The number of aromatic amines is 1. The third-order valence-corrected chi connectivity index (χ3v) is 5.24. The second-order valence-electron chi connectivity index (χ2n) is 7.60. The van der Waals surface area contributed by atoms with Crippen molar-refractivity contribution in [2.75, 3.05) is 6.61 Å². The van der Waals surface area contributed by atoms with E-state index in [0.29, 0.717) is 30.0 Å². The van der Waals surface area contributed by atoms with Gasteiger partial charge in [-0.2, -0.15) is 0 Å². The van der Waals surface area contributed by atoms with Crippen LogP contribution in [-0.2, 0) is 17.8 Å². The van der Waals surface area contributed by atoms with Crippen LogP contribution < -0.4 is 0 Å². The Bertz CT molecular complexity index is 1070. The molecule has 0 fully saturated rings. The van der Waals surface area contributed by atoms with E-state index in [2.05, 4.69) is 4.98 Å². The van der Waals surface area contributed by atoms with Crippen LogP contribution in [0.1, 0.15) is 55.7 Å². The van der Waals surface area contributed by atoms with Crippen molar-refractivity contribution in [3.8, 4) is 0 Å². The van der Waals surface area contributed by atoms with Crippen LogP contribution in [0.3, 0.4) is 0 Å². The summed E-state index contributed by atoms with van der Waals surface area (Å²) in [6, 6.07) is 13.5. The first kappa shape index (κ1) is 22.3. The number of aromatic nitrogens is 1. The van der Waals surface area contributed by atoms with E-state index in [1.54, 1.807) is 11.8 Å². The molecule has 0 radical (unpaired) electrons. The van der Waals surface area contributed by atoms with Gasteiger partial charge in [0.25, 0.3) is 5.91 Å². The summed E-state index contributed by atoms with van der Waals surface area (Å²) in [5.74, 6) is -0.989. The van der Waals surface area contributed by atoms with Crippen molar-refractivity contribution in [1.29, 1.82) is 0 Å². The van der Waals surface area contributed by atoms with Crippen molar-refractivity contribution in [1.82, 2.24) is 9.88 Å². The second-order valence-corrected chi connectivity index (χ2v) is 7.60. The monoisotopic (exact) mass is 422 g/mol. The van der Waals surface area contributed by atoms with Gasteiger partial charge in [-0.05, 0) is 63.1 Å². The van der Waals surface area contributed by atoms with Crippen molar-refractivity contribution in [3.05, 3.63) is 93.6 Å². The van der Waals surface area contributed by atoms with E-state index in [9.17, 15) is 14.0 Å². The molecule has 162 valence electrons. The van der Waals surface area contributed by atoms with Gasteiger partial charge in [0.15, 0.2) is 0 Å². The van der Waals surface area contributed by atoms with Gasteiger partial charge in [0.2, 0.25) is 0 Å². The van der Waals surface area contributed by atoms with E-state index in [4.69, 9.17) is 4.74 Å². The maximum absolute atomic E-state index is 13.3. The minimum Gasteiger partial charge on any atom is -0.462 e. The predicted molar refractivity (Wildman–Crippen MR) is 117 cm³/mol. The summed E-state index contributed by atoms with van der Waals surface area (Å²) in [7, 11) is 0. The number of ether oxygens (including phenoxy) is 1. The van der Waals surface area contributed by atoms with Crippen molar-refractivity contribution in [3.63, 3.8) is 0 Å². The molecule has 0 saturated heterocycles. The molecule has 3 rings (SSSR count). The van der Waals surface area contributed by atoms with Crippen molar-refractivity contribution in [2.45, 2.75) is 40.8 Å². The predicted octanol–water partition coefficient (Wildman–Crippen LogP) is 5.10. The van der Waals surface area contributed by atoms with Gasteiger partial charge in [0.1, 0.15) is 5.82 Å². The zero-order chi connectivity index (χ0) is 22.5. The lowest BCUT2D eigenvalue weighted by molar-refractivity contribution is 0.0524. The Kier molecular flexibility index (Phi) is 6.90. The van der Waals surface area contributed by atoms with E-state index >= 15 is 0 Å². The fourth-order valence-corrected chi connectivity index (χ4v) is 3.56. The second kappa shape index (κ2) is 9.60. The number of aryl methyl sites for hydroxylation is 2. The molecule has 5 nitrogen and oxygen atoms in total. The molecule has 0 aliphatic carbocycles. The molecule has 6 heteroatoms. The normalized spacial score (nSPS) is 10.7. The van der Waals surface area contributed by atoms with Crippen molar-refractivity contribution in [2.24, 2.45) is 0 Å². The summed E-state index contributed by atoms with van der Waals surface area (Å²) < 4.78 is 18.5. The summed E-state index contributed by atoms with van der Waals surface area (Å²) in [5, 5.41) is 0. The largest absolute Gasteiger partial charge is 0.462 e. The third kappa shape index (κ3) is 5.20. The van der Waals surface area contributed by atoms with E-state index in [1.807, 2.05) is 45.0 Å². The van der Waals surface area contributed by atoms with Gasteiger partial charge in [-0.25, -0.2) is 9.18 Å². The molecule has 3 aromatic rings. The van der Waals surface area contributed by atoms with Crippen LogP contribution in [0.4, 0.5) is 4.39 Å². The summed E-state index contributed by atoms with van der Waals surface area (Å²) in [6.07, 6.45) is 0. The number of esters is 1. The number of hydrogen-bond acceptors (Lipinski definition) is 3. The fourth-order valence-electron chi connectivity index (χ4n) is 3.56. The number of benzene rings is 2. The van der Waals surface area contributed by atoms with Gasteiger partial charge in [-0.3, -0.25) is 4.79 Å². The highest BCUT2D eigenvalue weighted by molar-refractivity contribution is 5.95. The number of carbonyl (C=O) groups is 2. The van der Waals surface area contributed by atoms with E-state index in [1.165, 1.54) is 24.3 Å². The lowest BCUT2D eigenvalue weighted by Gasteiger charge is -2.23. The highest BCUT2D eigenvalue weighted by atomic mass is 19.1. The minimum atomic E-state index is -0.392. The van der Waals surface area contributed by atoms with Crippen LogP contribution in [0.25, 0.3) is 0 Å². The molecule has 0 aliphatic heterocycles. The van der Waals surface area contributed by atoms with Gasteiger partial charge in [-0.15, -0.1) is 0 Å². The third-order valence-electron chi connectivity index (χ3n) is 5.24. The summed E-state index contributed by atoms with van der Waals surface area (Å²) in [5.41, 5.74) is 5.25. The van der Waals surface area contributed by atoms with Crippen LogP contribution in [0, 0.1) is 26.6 Å². The van der Waals surface area contributed by atoms with Gasteiger partial charge >= 0.3 is 5.97 Å². The van der Waals surface area contributed by atoms with Gasteiger partial charge in [-0.1, -0.05) is 29.8 Å². The molecule has 1 amide bonds. The molecule has 0 aliphatic rings. The molecule has 1 heterocycles. The molecule has 0 atom stereocenters. The van der Waals surface area contributed by atoms with Gasteiger partial charge in [0, 0.05) is 23.5 Å². The lowest BCUT2D eigenvalue weighted by Crippen LogP contribution is -2.30. The van der Waals surface area contributed by atoms with E-state index in [0.717, 1.165) is 22.4 Å². The number of nitrogens with zero attached hydrogens (tertiary/aromatic N) is 1. The molecule has 0 saturated carbocycles. The first-order chi connectivity index (χ1) is 14.8. The Morgan fingerprint density at radius 3 is 2.23 bits per heavy atom. The maximum Gasteiger partial charge on any atom is 0.340 e. The Morgan fingerprint density at radius 2 is 1.61 bits per heavy atom. The number of halogens is 1. The zero-order valence-electron chi connectivity index (χ0n) is 18.3. The molecule has 1 N–H and O–H groups in total. The molecule has 0 spiro atoms. The molecular formula is C25H27FN2O3. The van der Waals surface area contributed by atoms with Crippen molar-refractivity contribution < 1.29 is 18.7 Å². The summed E-state index contributed by atoms with van der Waals surface area (Å²) in [6.45, 7) is 8.38. The molecule has 2 aromatic carbocycles. The summed E-state index contributed by atoms with van der Waals surface area (Å²) in [4.78, 5) is 30.5. The fraction of sp³-hybridized carbons (Fsp3) is 0.280. The van der Waals surface area contributed by atoms with Crippen LogP contribution >= 0.6 is 0 Å². The number of hydrogen-bond donors (Lipinski definition) is 1. The molecule has 0 unspecified atom stereocenters. The first-order valence-corrected chi connectivity index (χ1v) is 10.3. The van der Waals surface area contributed by atoms with Gasteiger partial charge < -0.3 is 14.6 Å². The number of rotatable bonds is 7. The average Bonchev–Trinajstić information content (AvgIpc) is 3.02. The lowest BCUT2D eigenvalue weighted by atomic mass is 10.1. The smallest absolute Gasteiger partial charge is 0.340 e. The van der Waals surface area contributed by atoms with Crippen LogP contribution in [0.2, 0.25) is 0 Å². The topological polar surface area (TPSA) is 62.4 Å². The number of H-pyrrole nitrogens is 1. The zero-order valence-corrected chi connectivity index (χ0v) is 18.3. The summed E-state index contributed by atoms with van der Waals surface area (Å²) >= 11 is 0. The average molecular weight is 423 g/mol. The van der Waals surface area contributed by atoms with E-state index < -0.39 is 5.82 Å². The number of nitrogens with one attached hydrogen (secondary N) is 1. The molecule has 1 aromatic heterocycles. The minimum absolute atomic E-state index is 0.218. The van der Waals surface area contributed by atoms with Gasteiger partial charge in [0.05, 0.1) is 18.7 Å². The highest BCUT2D eigenvalue weighted by Gasteiger charge is 2.23. The highest BCUT2D eigenvalue weighted by Crippen LogP contribution is 2.22. The first-order valence-electron chi connectivity index (χ1n) is 10.3. The Hall–Kier alpha value is -3.41. The van der Waals surface area contributed by atoms with Crippen molar-refractivity contribution >= 4 is 11.9 Å². The Labute approximate surface area is 181 Å². The molecule has 31 heavy (non-hydrogen) atoms. The van der Waals surface area contributed by atoms with Crippen LogP contribution in [-0.4, -0.2) is 28.4 Å². The SMILES string of the molecule is CCOC(=O)c1c(C)[nH]c(CN(Cc2ccc(C)cc2)C(=O)c2ccc(F)cc2)c1C. The van der Waals surface area contributed by atoms with E-state index in [-0.39, 0.29) is 18.4 Å². The molecular weight excluding hydrogens is 395 g/mol. The standard InChI is InChI=1S/C25H27FN2O3/c1-5-31-25(30)23-17(3)22(27-18(23)4)15-28(14-19-8-6-16(2)7-9-19)24(29)20-10-12-21(26)13-11-20/h6-13,27H,5,14-15H2,1-4H3. The Balaban J connectivity index is 1.93. The maximum atomic E-state index is 13.3. The number of carbonyl (C=O) groups excluding carboxylic acids is 2. The van der Waals surface area contributed by atoms with Crippen LogP contribution in [0.5, 0.6) is 0 Å². The number of amides is 1. The Morgan fingerprint density at radius 1 is 0.968 bits per heavy atom. The van der Waals surface area contributed by atoms with Crippen LogP contribution in [0.15, 0.2) is 48.5 Å². The quantitative estimate of drug-likeness (QED) is 0.539.